The van der Waals surface area contributed by atoms with Gasteiger partial charge in [0.25, 0.3) is 0 Å². The van der Waals surface area contributed by atoms with Crippen molar-refractivity contribution in [2.45, 2.75) is 44.8 Å². The van der Waals surface area contributed by atoms with Crippen molar-refractivity contribution in [3.8, 4) is 11.3 Å². The Bertz CT molecular complexity index is 1120. The second-order valence-electron chi connectivity index (χ2n) is 9.80. The van der Waals surface area contributed by atoms with Crippen molar-refractivity contribution < 1.29 is 0 Å². The summed E-state index contributed by atoms with van der Waals surface area (Å²) in [7, 11) is 1.98. The Labute approximate surface area is 218 Å². The molecule has 8 heteroatoms. The molecule has 4 heterocycles. The molecular formula is C27H34Cl2N6. The molecule has 0 radical (unpaired) electrons. The standard InChI is InChI=1S/C27H34Cl2N6/c1-3-23-18-34(27-25(29)14-21(15-31-27)26-16-30-19-32(26)2)12-13-35(23)24-8-10-33(11-9-24)17-20-4-6-22(28)7-5-20/h4-7,14-16,19,23-24H,3,8-13,17-18H2,1-2H3/t23-/m0/s1. The number of rotatable bonds is 6. The van der Waals surface area contributed by atoms with Gasteiger partial charge < -0.3 is 9.47 Å². The number of likely N-dealkylation sites (tertiary alicyclic amines) is 1. The van der Waals surface area contributed by atoms with Crippen LogP contribution < -0.4 is 4.90 Å². The van der Waals surface area contributed by atoms with Gasteiger partial charge in [-0.2, -0.15) is 0 Å². The molecule has 0 unspecified atom stereocenters. The predicted octanol–water partition coefficient (Wildman–Crippen LogP) is 5.35. The van der Waals surface area contributed by atoms with Crippen LogP contribution in [0.15, 0.2) is 49.1 Å². The first-order valence-electron chi connectivity index (χ1n) is 12.6. The normalized spacial score (nSPS) is 20.5. The Hall–Kier alpha value is -2.12. The van der Waals surface area contributed by atoms with Crippen LogP contribution in [-0.2, 0) is 13.6 Å². The molecule has 6 nitrogen and oxygen atoms in total. The molecule has 0 amide bonds. The summed E-state index contributed by atoms with van der Waals surface area (Å²) in [6, 6.07) is 11.5. The average molecular weight is 514 g/mol. The number of halogens is 2. The van der Waals surface area contributed by atoms with E-state index in [9.17, 15) is 0 Å². The largest absolute Gasteiger partial charge is 0.353 e. The molecule has 3 aromatic rings. The number of piperazine rings is 1. The first-order chi connectivity index (χ1) is 17.0. The van der Waals surface area contributed by atoms with Gasteiger partial charge in [-0.15, -0.1) is 0 Å². The summed E-state index contributed by atoms with van der Waals surface area (Å²) < 4.78 is 1.99. The summed E-state index contributed by atoms with van der Waals surface area (Å²) in [5.41, 5.74) is 3.35. The van der Waals surface area contributed by atoms with Crippen LogP contribution in [0.2, 0.25) is 10.0 Å². The zero-order valence-electron chi connectivity index (χ0n) is 20.6. The van der Waals surface area contributed by atoms with Gasteiger partial charge in [0.15, 0.2) is 0 Å². The van der Waals surface area contributed by atoms with Gasteiger partial charge in [-0.25, -0.2) is 9.97 Å². The Kier molecular flexibility index (Phi) is 7.63. The molecule has 1 aromatic carbocycles. The van der Waals surface area contributed by atoms with E-state index in [1.165, 1.54) is 18.4 Å². The SMILES string of the molecule is CC[C@H]1CN(c2ncc(-c3cncn3C)cc2Cl)CCN1C1CCN(Cc2ccc(Cl)cc2)CC1. The first kappa shape index (κ1) is 24.6. The molecular weight excluding hydrogens is 479 g/mol. The maximum absolute atomic E-state index is 6.74. The number of aromatic nitrogens is 3. The van der Waals surface area contributed by atoms with Crippen LogP contribution in [0.25, 0.3) is 11.3 Å². The van der Waals surface area contributed by atoms with E-state index < -0.39 is 0 Å². The van der Waals surface area contributed by atoms with E-state index in [2.05, 4.69) is 38.7 Å². The van der Waals surface area contributed by atoms with E-state index in [0.717, 1.165) is 67.8 Å². The highest BCUT2D eigenvalue weighted by Gasteiger charge is 2.34. The van der Waals surface area contributed by atoms with Crippen molar-refractivity contribution in [3.05, 3.63) is 64.7 Å². The molecule has 2 fully saturated rings. The second-order valence-corrected chi connectivity index (χ2v) is 10.6. The molecule has 0 bridgehead atoms. The molecule has 1 atom stereocenters. The van der Waals surface area contributed by atoms with Gasteiger partial charge in [0.2, 0.25) is 0 Å². The van der Waals surface area contributed by atoms with Crippen LogP contribution >= 0.6 is 23.2 Å². The third kappa shape index (κ3) is 5.51. The van der Waals surface area contributed by atoms with Crippen LogP contribution in [0.5, 0.6) is 0 Å². The summed E-state index contributed by atoms with van der Waals surface area (Å²) in [5, 5.41) is 1.51. The summed E-state index contributed by atoms with van der Waals surface area (Å²) in [5.74, 6) is 0.897. The zero-order chi connectivity index (χ0) is 24.4. The van der Waals surface area contributed by atoms with Gasteiger partial charge in [-0.1, -0.05) is 42.3 Å². The van der Waals surface area contributed by atoms with E-state index in [4.69, 9.17) is 28.2 Å². The van der Waals surface area contributed by atoms with Crippen molar-refractivity contribution in [3.63, 3.8) is 0 Å². The highest BCUT2D eigenvalue weighted by Crippen LogP contribution is 2.32. The highest BCUT2D eigenvalue weighted by atomic mass is 35.5. The Morgan fingerprint density at radius 2 is 1.77 bits per heavy atom. The maximum atomic E-state index is 6.74. The van der Waals surface area contributed by atoms with E-state index in [1.807, 2.05) is 42.2 Å². The number of hydrogen-bond acceptors (Lipinski definition) is 5. The monoisotopic (exact) mass is 512 g/mol. The number of imidazole rings is 1. The molecule has 2 aromatic heterocycles. The van der Waals surface area contributed by atoms with E-state index >= 15 is 0 Å². The fourth-order valence-electron chi connectivity index (χ4n) is 5.60. The molecule has 0 spiro atoms. The van der Waals surface area contributed by atoms with Crippen molar-refractivity contribution in [1.29, 1.82) is 0 Å². The van der Waals surface area contributed by atoms with Crippen molar-refractivity contribution in [2.24, 2.45) is 7.05 Å². The van der Waals surface area contributed by atoms with Crippen molar-refractivity contribution >= 4 is 29.0 Å². The van der Waals surface area contributed by atoms with Crippen LogP contribution in [0.4, 0.5) is 5.82 Å². The van der Waals surface area contributed by atoms with Gasteiger partial charge in [-0.3, -0.25) is 9.80 Å². The lowest BCUT2D eigenvalue weighted by atomic mass is 9.98. The Morgan fingerprint density at radius 1 is 1.00 bits per heavy atom. The zero-order valence-corrected chi connectivity index (χ0v) is 22.1. The molecule has 2 aliphatic rings. The molecule has 0 N–H and O–H groups in total. The molecule has 186 valence electrons. The molecule has 2 aliphatic heterocycles. The van der Waals surface area contributed by atoms with E-state index in [1.54, 1.807) is 6.33 Å². The third-order valence-corrected chi connectivity index (χ3v) is 8.11. The topological polar surface area (TPSA) is 40.4 Å². The summed E-state index contributed by atoms with van der Waals surface area (Å²) in [6.45, 7) is 8.59. The lowest BCUT2D eigenvalue weighted by Gasteiger charge is -2.47. The van der Waals surface area contributed by atoms with Crippen molar-refractivity contribution in [2.75, 3.05) is 37.6 Å². The fraction of sp³-hybridized carbons (Fsp3) is 0.481. The predicted molar refractivity (Wildman–Crippen MR) is 144 cm³/mol. The maximum Gasteiger partial charge on any atom is 0.147 e. The minimum atomic E-state index is 0.520. The summed E-state index contributed by atoms with van der Waals surface area (Å²) in [6.07, 6.45) is 9.14. The van der Waals surface area contributed by atoms with E-state index in [-0.39, 0.29) is 0 Å². The molecule has 35 heavy (non-hydrogen) atoms. The molecule has 0 aliphatic carbocycles. The Balaban J connectivity index is 1.19. The summed E-state index contributed by atoms with van der Waals surface area (Å²) in [4.78, 5) is 16.7. The third-order valence-electron chi connectivity index (χ3n) is 7.58. The Morgan fingerprint density at radius 3 is 2.43 bits per heavy atom. The average Bonchev–Trinajstić information content (AvgIpc) is 3.31. The number of anilines is 1. The number of benzene rings is 1. The quantitative estimate of drug-likeness (QED) is 0.444. The lowest BCUT2D eigenvalue weighted by molar-refractivity contribution is 0.0610. The second kappa shape index (κ2) is 10.9. The number of piperidine rings is 1. The van der Waals surface area contributed by atoms with Gasteiger partial charge in [0.1, 0.15) is 5.82 Å². The number of aryl methyl sites for hydroxylation is 1. The van der Waals surface area contributed by atoms with Crippen LogP contribution in [0.1, 0.15) is 31.7 Å². The lowest BCUT2D eigenvalue weighted by Crippen LogP contribution is -2.58. The van der Waals surface area contributed by atoms with Crippen molar-refractivity contribution in [1.82, 2.24) is 24.3 Å². The molecule has 2 saturated heterocycles. The van der Waals surface area contributed by atoms with Gasteiger partial charge in [-0.05, 0) is 56.1 Å². The number of nitrogens with zero attached hydrogens (tertiary/aromatic N) is 6. The highest BCUT2D eigenvalue weighted by molar-refractivity contribution is 6.33. The minimum Gasteiger partial charge on any atom is -0.353 e. The van der Waals surface area contributed by atoms with E-state index in [0.29, 0.717) is 17.1 Å². The van der Waals surface area contributed by atoms with Gasteiger partial charge in [0.05, 0.1) is 23.2 Å². The van der Waals surface area contributed by atoms with Gasteiger partial charge in [0, 0.05) is 62.1 Å². The first-order valence-corrected chi connectivity index (χ1v) is 13.4. The number of hydrogen-bond donors (Lipinski definition) is 0. The summed E-state index contributed by atoms with van der Waals surface area (Å²) >= 11 is 12.8. The minimum absolute atomic E-state index is 0.520. The smallest absolute Gasteiger partial charge is 0.147 e. The van der Waals surface area contributed by atoms with Gasteiger partial charge >= 0.3 is 0 Å². The fourth-order valence-corrected chi connectivity index (χ4v) is 6.01. The van der Waals surface area contributed by atoms with Crippen LogP contribution in [-0.4, -0.2) is 69.1 Å². The number of pyridine rings is 1. The molecule has 0 saturated carbocycles. The van der Waals surface area contributed by atoms with Crippen LogP contribution in [0, 0.1) is 0 Å². The van der Waals surface area contributed by atoms with Crippen LogP contribution in [0.3, 0.4) is 0 Å². The molecule has 5 rings (SSSR count).